The molecule has 4 rings (SSSR count). The second-order valence-corrected chi connectivity index (χ2v) is 8.50. The molecule has 0 saturated carbocycles. The number of benzene rings is 3. The van der Waals surface area contributed by atoms with Gasteiger partial charge in [-0.3, -0.25) is 9.59 Å². The number of carbonyl (C=O) groups is 3. The highest BCUT2D eigenvalue weighted by Gasteiger charge is 2.30. The van der Waals surface area contributed by atoms with E-state index in [9.17, 15) is 19.5 Å². The highest BCUT2D eigenvalue weighted by Crippen LogP contribution is 2.44. The third-order valence-electron chi connectivity index (χ3n) is 6.12. The lowest BCUT2D eigenvalue weighted by molar-refractivity contribution is -0.139. The molecule has 35 heavy (non-hydrogen) atoms. The minimum absolute atomic E-state index is 0.0817. The maximum absolute atomic E-state index is 12.6. The zero-order valence-corrected chi connectivity index (χ0v) is 19.3. The summed E-state index contributed by atoms with van der Waals surface area (Å²) >= 11 is 0. The maximum atomic E-state index is 12.6. The second kappa shape index (κ2) is 11.3. The summed E-state index contributed by atoms with van der Waals surface area (Å²) in [4.78, 5) is 36.4. The highest BCUT2D eigenvalue weighted by atomic mass is 16.5. The van der Waals surface area contributed by atoms with Crippen molar-refractivity contribution >= 4 is 18.0 Å². The van der Waals surface area contributed by atoms with Gasteiger partial charge < -0.3 is 20.5 Å². The van der Waals surface area contributed by atoms with Gasteiger partial charge in [-0.05, 0) is 40.7 Å². The van der Waals surface area contributed by atoms with Crippen LogP contribution in [-0.2, 0) is 20.7 Å². The van der Waals surface area contributed by atoms with Gasteiger partial charge in [0.05, 0.1) is 6.42 Å². The summed E-state index contributed by atoms with van der Waals surface area (Å²) in [6, 6.07) is 24.6. The molecule has 0 bridgehead atoms. The molecule has 0 aliphatic heterocycles. The third-order valence-corrected chi connectivity index (χ3v) is 6.12. The predicted molar refractivity (Wildman–Crippen MR) is 132 cm³/mol. The van der Waals surface area contributed by atoms with Crippen LogP contribution in [0.15, 0.2) is 78.9 Å². The molecule has 7 nitrogen and oxygen atoms in total. The molecule has 1 aliphatic carbocycles. The minimum atomic E-state index is -1.22. The number of amides is 2. The van der Waals surface area contributed by atoms with Crippen molar-refractivity contribution in [3.8, 4) is 11.1 Å². The van der Waals surface area contributed by atoms with Crippen molar-refractivity contribution in [2.75, 3.05) is 13.2 Å². The van der Waals surface area contributed by atoms with Crippen LogP contribution in [-0.4, -0.2) is 42.3 Å². The van der Waals surface area contributed by atoms with Crippen molar-refractivity contribution in [3.63, 3.8) is 0 Å². The van der Waals surface area contributed by atoms with E-state index >= 15 is 0 Å². The molecule has 3 N–H and O–H groups in total. The van der Waals surface area contributed by atoms with Crippen molar-refractivity contribution in [1.82, 2.24) is 10.6 Å². The van der Waals surface area contributed by atoms with Gasteiger partial charge in [0, 0.05) is 12.5 Å². The van der Waals surface area contributed by atoms with Crippen molar-refractivity contribution < 1.29 is 24.2 Å². The van der Waals surface area contributed by atoms with Crippen LogP contribution < -0.4 is 10.6 Å². The smallest absolute Gasteiger partial charge is 0.407 e. The quantitative estimate of drug-likeness (QED) is 0.385. The lowest BCUT2D eigenvalue weighted by Crippen LogP contribution is -2.48. The molecule has 180 valence electrons. The molecule has 3 aromatic rings. The van der Waals surface area contributed by atoms with Gasteiger partial charge in [0.25, 0.3) is 0 Å². The van der Waals surface area contributed by atoms with Crippen molar-refractivity contribution in [2.24, 2.45) is 0 Å². The average molecular weight is 473 g/mol. The normalized spacial score (nSPS) is 12.8. The number of hydrogen-bond donors (Lipinski definition) is 3. The van der Waals surface area contributed by atoms with E-state index in [2.05, 4.69) is 10.6 Å². The molecule has 7 heteroatoms. The minimum Gasteiger partial charge on any atom is -0.481 e. The van der Waals surface area contributed by atoms with E-state index in [1.165, 1.54) is 0 Å². The van der Waals surface area contributed by atoms with Gasteiger partial charge in [0.15, 0.2) is 0 Å². The summed E-state index contributed by atoms with van der Waals surface area (Å²) in [6.45, 7) is 0.453. The molecule has 1 aliphatic rings. The van der Waals surface area contributed by atoms with Gasteiger partial charge in [-0.2, -0.15) is 0 Å². The van der Waals surface area contributed by atoms with E-state index in [1.54, 1.807) is 0 Å². The van der Waals surface area contributed by atoms with Crippen LogP contribution in [0.4, 0.5) is 4.79 Å². The number of aliphatic carboxylic acids is 1. The number of alkyl carbamates (subject to hydrolysis) is 1. The topological polar surface area (TPSA) is 105 Å². The molecule has 0 aromatic heterocycles. The Morgan fingerprint density at radius 2 is 1.46 bits per heavy atom. The largest absolute Gasteiger partial charge is 0.481 e. The summed E-state index contributed by atoms with van der Waals surface area (Å²) < 4.78 is 5.46. The van der Waals surface area contributed by atoms with Crippen LogP contribution in [0.2, 0.25) is 0 Å². The molecule has 0 spiro atoms. The first-order valence-corrected chi connectivity index (χ1v) is 11.7. The van der Waals surface area contributed by atoms with E-state index in [-0.39, 0.29) is 12.5 Å². The van der Waals surface area contributed by atoms with Crippen LogP contribution in [0.1, 0.15) is 35.4 Å². The number of nitrogens with one attached hydrogen (secondary N) is 2. The first kappa shape index (κ1) is 24.0. The summed E-state index contributed by atoms with van der Waals surface area (Å²) in [5.41, 5.74) is 5.51. The number of rotatable bonds is 10. The molecule has 3 aromatic carbocycles. The number of carbonyl (C=O) groups excluding carboxylic acids is 2. The van der Waals surface area contributed by atoms with Gasteiger partial charge >= 0.3 is 12.1 Å². The lowest BCUT2D eigenvalue weighted by Gasteiger charge is -2.18. The lowest BCUT2D eigenvalue weighted by atomic mass is 9.98. The second-order valence-electron chi connectivity index (χ2n) is 8.50. The fourth-order valence-corrected chi connectivity index (χ4v) is 4.44. The molecular formula is C28H28N2O5. The Kier molecular flexibility index (Phi) is 7.77. The van der Waals surface area contributed by atoms with Crippen molar-refractivity contribution in [3.05, 3.63) is 95.6 Å². The third kappa shape index (κ3) is 6.06. The molecule has 0 heterocycles. The van der Waals surface area contributed by atoms with E-state index in [0.717, 1.165) is 34.2 Å². The molecular weight excluding hydrogens is 444 g/mol. The summed E-state index contributed by atoms with van der Waals surface area (Å²) in [6.07, 6.45) is 0.122. The standard InChI is InChI=1S/C28H28N2O5/c31-26(32)17-25(27(33)29-16-8-11-19-9-2-1-3-10-19)30-28(34)35-18-24-22-14-6-4-12-20(22)21-13-5-7-15-23(21)24/h1-7,9-10,12-15,24-25H,8,11,16-18H2,(H,29,33)(H,30,34)(H,31,32). The summed E-state index contributed by atoms with van der Waals surface area (Å²) in [7, 11) is 0. The van der Waals surface area contributed by atoms with Crippen molar-refractivity contribution in [1.29, 1.82) is 0 Å². The summed E-state index contributed by atoms with van der Waals surface area (Å²) in [5, 5.41) is 14.4. The van der Waals surface area contributed by atoms with Gasteiger partial charge in [-0.1, -0.05) is 78.9 Å². The number of fused-ring (bicyclic) bond motifs is 3. The average Bonchev–Trinajstić information content (AvgIpc) is 3.19. The number of hydrogen-bond acceptors (Lipinski definition) is 4. The van der Waals surface area contributed by atoms with Crippen LogP contribution in [0.5, 0.6) is 0 Å². The Morgan fingerprint density at radius 3 is 2.09 bits per heavy atom. The van der Waals surface area contributed by atoms with Gasteiger partial charge in [-0.15, -0.1) is 0 Å². The van der Waals surface area contributed by atoms with E-state index < -0.39 is 30.4 Å². The van der Waals surface area contributed by atoms with Crippen LogP contribution in [0.3, 0.4) is 0 Å². The predicted octanol–water partition coefficient (Wildman–Crippen LogP) is 4.12. The molecule has 0 radical (unpaired) electrons. The van der Waals surface area contributed by atoms with Crippen LogP contribution in [0.25, 0.3) is 11.1 Å². The Morgan fingerprint density at radius 1 is 0.857 bits per heavy atom. The SMILES string of the molecule is O=C(O)CC(NC(=O)OCC1c2ccccc2-c2ccccc21)C(=O)NCCCc1ccccc1. The fraction of sp³-hybridized carbons (Fsp3) is 0.250. The molecule has 1 unspecified atom stereocenters. The molecule has 2 amide bonds. The molecule has 0 saturated heterocycles. The first-order valence-electron chi connectivity index (χ1n) is 11.7. The fourth-order valence-electron chi connectivity index (χ4n) is 4.44. The zero-order valence-electron chi connectivity index (χ0n) is 19.3. The number of ether oxygens (including phenoxy) is 1. The van der Waals surface area contributed by atoms with Gasteiger partial charge in [0.1, 0.15) is 12.6 Å². The first-order chi connectivity index (χ1) is 17.0. The highest BCUT2D eigenvalue weighted by molar-refractivity contribution is 5.89. The van der Waals surface area contributed by atoms with E-state index in [4.69, 9.17) is 4.74 Å². The Bertz CT molecular complexity index is 1150. The zero-order chi connectivity index (χ0) is 24.6. The van der Waals surface area contributed by atoms with Crippen molar-refractivity contribution in [2.45, 2.75) is 31.2 Å². The number of carboxylic acids is 1. The van der Waals surface area contributed by atoms with Gasteiger partial charge in [-0.25, -0.2) is 4.79 Å². The van der Waals surface area contributed by atoms with E-state index in [0.29, 0.717) is 13.0 Å². The monoisotopic (exact) mass is 472 g/mol. The molecule has 1 atom stereocenters. The number of carboxylic acid groups (broad SMARTS) is 1. The Hall–Kier alpha value is -4.13. The van der Waals surface area contributed by atoms with Gasteiger partial charge in [0.2, 0.25) is 5.91 Å². The Balaban J connectivity index is 1.31. The maximum Gasteiger partial charge on any atom is 0.407 e. The molecule has 0 fully saturated rings. The van der Waals surface area contributed by atoms with E-state index in [1.807, 2.05) is 78.9 Å². The van der Waals surface area contributed by atoms with Crippen LogP contribution >= 0.6 is 0 Å². The van der Waals surface area contributed by atoms with Crippen LogP contribution in [0, 0.1) is 0 Å². The number of aryl methyl sites for hydroxylation is 1. The summed E-state index contributed by atoms with van der Waals surface area (Å²) in [5.74, 6) is -1.86. The Labute approximate surface area is 204 Å².